The standard InChI is InChI=1S/C24H31FN6O2/c1-16-15-31(8-10-32-16)22-4-3-17(11-19(22)25)20-12-21-23(28-6-5-27-21)24(2,30-20)29-14-18-13-26-7-9-33-18/h3-6,11-12,16,18,26,29-30H,7-10,13-15H2,1-2H3/t16-,18+,24+/m1/s1. The Balaban J connectivity index is 1.40. The normalized spacial score (nSPS) is 27.5. The molecule has 3 N–H and O–H groups in total. The molecular formula is C24H31FN6O2. The molecule has 33 heavy (non-hydrogen) atoms. The van der Waals surface area contributed by atoms with E-state index < -0.39 is 5.66 Å². The maximum Gasteiger partial charge on any atom is 0.147 e. The van der Waals surface area contributed by atoms with E-state index in [1.54, 1.807) is 18.5 Å². The van der Waals surface area contributed by atoms with Crippen LogP contribution in [0.5, 0.6) is 0 Å². The van der Waals surface area contributed by atoms with Crippen LogP contribution in [0, 0.1) is 5.82 Å². The minimum absolute atomic E-state index is 0.0690. The van der Waals surface area contributed by atoms with Crippen LogP contribution >= 0.6 is 0 Å². The molecule has 2 fully saturated rings. The molecule has 2 aromatic rings. The first-order chi connectivity index (χ1) is 16.0. The quantitative estimate of drug-likeness (QED) is 0.630. The molecule has 1 aromatic heterocycles. The maximum atomic E-state index is 15.2. The van der Waals surface area contributed by atoms with Crippen LogP contribution in [-0.4, -0.2) is 68.1 Å². The van der Waals surface area contributed by atoms with Gasteiger partial charge in [-0.25, -0.2) is 4.39 Å². The highest BCUT2D eigenvalue weighted by Gasteiger charge is 2.35. The number of anilines is 1. The molecule has 0 aliphatic carbocycles. The van der Waals surface area contributed by atoms with Gasteiger partial charge in [0.25, 0.3) is 0 Å². The number of hydrogen-bond donors (Lipinski definition) is 3. The van der Waals surface area contributed by atoms with E-state index in [2.05, 4.69) is 25.9 Å². The fourth-order valence-corrected chi connectivity index (χ4v) is 4.66. The van der Waals surface area contributed by atoms with Gasteiger partial charge >= 0.3 is 0 Å². The Morgan fingerprint density at radius 1 is 1.24 bits per heavy atom. The molecule has 0 radical (unpaired) electrons. The summed E-state index contributed by atoms with van der Waals surface area (Å²) in [6.07, 6.45) is 5.45. The lowest BCUT2D eigenvalue weighted by Gasteiger charge is -2.38. The summed E-state index contributed by atoms with van der Waals surface area (Å²) in [5.41, 5.74) is 3.04. The van der Waals surface area contributed by atoms with Crippen molar-refractivity contribution in [3.63, 3.8) is 0 Å². The molecule has 4 heterocycles. The van der Waals surface area contributed by atoms with Crippen LogP contribution in [0.2, 0.25) is 0 Å². The summed E-state index contributed by atoms with van der Waals surface area (Å²) in [6, 6.07) is 5.39. The van der Waals surface area contributed by atoms with Crippen molar-refractivity contribution >= 4 is 17.5 Å². The third-order valence-electron chi connectivity index (χ3n) is 6.39. The summed E-state index contributed by atoms with van der Waals surface area (Å²) in [4.78, 5) is 11.2. The largest absolute Gasteiger partial charge is 0.375 e. The van der Waals surface area contributed by atoms with Crippen molar-refractivity contribution in [2.24, 2.45) is 0 Å². The molecule has 2 saturated heterocycles. The third-order valence-corrected chi connectivity index (χ3v) is 6.39. The summed E-state index contributed by atoms with van der Waals surface area (Å²) in [7, 11) is 0. The molecule has 0 bridgehead atoms. The summed E-state index contributed by atoms with van der Waals surface area (Å²) < 4.78 is 26.6. The smallest absolute Gasteiger partial charge is 0.147 e. The van der Waals surface area contributed by atoms with Crippen LogP contribution in [0.1, 0.15) is 30.8 Å². The average Bonchev–Trinajstić information content (AvgIpc) is 2.83. The molecule has 0 amide bonds. The Morgan fingerprint density at radius 3 is 2.91 bits per heavy atom. The van der Waals surface area contributed by atoms with Crippen molar-refractivity contribution in [1.29, 1.82) is 0 Å². The molecular weight excluding hydrogens is 423 g/mol. The van der Waals surface area contributed by atoms with Gasteiger partial charge in [0, 0.05) is 56.4 Å². The number of halogens is 1. The number of aromatic nitrogens is 2. The van der Waals surface area contributed by atoms with Crippen LogP contribution in [-0.2, 0) is 15.1 Å². The van der Waals surface area contributed by atoms with Crippen molar-refractivity contribution in [3.05, 3.63) is 53.4 Å². The highest BCUT2D eigenvalue weighted by Crippen LogP contribution is 2.32. The number of fused-ring (bicyclic) bond motifs is 1. The van der Waals surface area contributed by atoms with E-state index in [0.717, 1.165) is 35.7 Å². The number of rotatable bonds is 5. The summed E-state index contributed by atoms with van der Waals surface area (Å²) >= 11 is 0. The second-order valence-corrected chi connectivity index (χ2v) is 8.97. The van der Waals surface area contributed by atoms with Gasteiger partial charge in [-0.2, -0.15) is 0 Å². The molecule has 0 saturated carbocycles. The summed E-state index contributed by atoms with van der Waals surface area (Å²) in [5.74, 6) is -0.245. The first-order valence-electron chi connectivity index (χ1n) is 11.6. The van der Waals surface area contributed by atoms with Crippen LogP contribution < -0.4 is 20.9 Å². The van der Waals surface area contributed by atoms with Gasteiger partial charge in [0.05, 0.1) is 36.8 Å². The minimum Gasteiger partial charge on any atom is -0.375 e. The fourth-order valence-electron chi connectivity index (χ4n) is 4.66. The van der Waals surface area contributed by atoms with E-state index >= 15 is 4.39 Å². The molecule has 8 nitrogen and oxygen atoms in total. The molecule has 0 unspecified atom stereocenters. The second kappa shape index (κ2) is 9.34. The molecule has 0 spiro atoms. The monoisotopic (exact) mass is 454 g/mol. The lowest BCUT2D eigenvalue weighted by molar-refractivity contribution is 0.0231. The van der Waals surface area contributed by atoms with E-state index in [-0.39, 0.29) is 18.0 Å². The maximum absolute atomic E-state index is 15.2. The van der Waals surface area contributed by atoms with Crippen LogP contribution in [0.25, 0.3) is 11.8 Å². The SMILES string of the molecule is C[C@@H]1CN(c2ccc(C3=Cc4nccnc4[C@@](C)(NC[C@@H]4CNCCO4)N3)cc2F)CCO1. The second-order valence-electron chi connectivity index (χ2n) is 8.97. The molecule has 5 rings (SSSR count). The lowest BCUT2D eigenvalue weighted by atomic mass is 9.96. The fraction of sp³-hybridized carbons (Fsp3) is 0.500. The highest BCUT2D eigenvalue weighted by atomic mass is 19.1. The number of hydrogen-bond acceptors (Lipinski definition) is 8. The summed E-state index contributed by atoms with van der Waals surface area (Å²) in [6.45, 7) is 9.02. The lowest BCUT2D eigenvalue weighted by Crippen LogP contribution is -2.56. The number of benzene rings is 1. The topological polar surface area (TPSA) is 83.6 Å². The number of ether oxygens (including phenoxy) is 2. The zero-order chi connectivity index (χ0) is 22.8. The van der Waals surface area contributed by atoms with Crippen LogP contribution in [0.4, 0.5) is 10.1 Å². The van der Waals surface area contributed by atoms with Gasteiger partial charge in [-0.3, -0.25) is 15.3 Å². The zero-order valence-electron chi connectivity index (χ0n) is 19.1. The van der Waals surface area contributed by atoms with Gasteiger partial charge in [0.2, 0.25) is 0 Å². The van der Waals surface area contributed by atoms with Gasteiger partial charge in [-0.1, -0.05) is 6.07 Å². The molecule has 3 aliphatic heterocycles. The van der Waals surface area contributed by atoms with Crippen LogP contribution in [0.3, 0.4) is 0 Å². The number of morpholine rings is 2. The number of nitrogens with one attached hydrogen (secondary N) is 3. The Kier molecular flexibility index (Phi) is 6.29. The first-order valence-corrected chi connectivity index (χ1v) is 11.6. The highest BCUT2D eigenvalue weighted by molar-refractivity contribution is 5.83. The molecule has 176 valence electrons. The molecule has 1 aromatic carbocycles. The number of nitrogens with zero attached hydrogens (tertiary/aromatic N) is 3. The Morgan fingerprint density at radius 2 is 2.12 bits per heavy atom. The summed E-state index contributed by atoms with van der Waals surface area (Å²) in [5, 5.41) is 10.5. The van der Waals surface area contributed by atoms with E-state index in [9.17, 15) is 0 Å². The van der Waals surface area contributed by atoms with Gasteiger partial charge in [0.1, 0.15) is 17.2 Å². The Bertz CT molecular complexity index is 1030. The first kappa shape index (κ1) is 22.2. The van der Waals surface area contributed by atoms with Gasteiger partial charge in [0.15, 0.2) is 0 Å². The minimum atomic E-state index is -0.677. The molecule has 9 heteroatoms. The van der Waals surface area contributed by atoms with Crippen molar-refractivity contribution in [2.75, 3.05) is 50.8 Å². The predicted octanol–water partition coefficient (Wildman–Crippen LogP) is 1.69. The molecule has 3 aliphatic rings. The zero-order valence-corrected chi connectivity index (χ0v) is 19.1. The van der Waals surface area contributed by atoms with E-state index in [1.165, 1.54) is 0 Å². The van der Waals surface area contributed by atoms with E-state index in [1.807, 2.05) is 37.0 Å². The third kappa shape index (κ3) is 4.72. The van der Waals surface area contributed by atoms with E-state index in [4.69, 9.17) is 9.47 Å². The Labute approximate surface area is 193 Å². The average molecular weight is 455 g/mol. The predicted molar refractivity (Wildman–Crippen MR) is 125 cm³/mol. The van der Waals surface area contributed by atoms with E-state index in [0.29, 0.717) is 38.5 Å². The van der Waals surface area contributed by atoms with Crippen molar-refractivity contribution in [1.82, 2.24) is 25.9 Å². The molecule has 3 atom stereocenters. The van der Waals surface area contributed by atoms with Gasteiger partial charge in [-0.15, -0.1) is 0 Å². The van der Waals surface area contributed by atoms with Gasteiger partial charge < -0.3 is 25.0 Å². The Hall–Kier alpha value is -2.59. The van der Waals surface area contributed by atoms with Crippen molar-refractivity contribution in [2.45, 2.75) is 31.7 Å². The van der Waals surface area contributed by atoms with Crippen molar-refractivity contribution < 1.29 is 13.9 Å². The van der Waals surface area contributed by atoms with Crippen molar-refractivity contribution in [3.8, 4) is 0 Å². The van der Waals surface area contributed by atoms with Gasteiger partial charge in [-0.05, 0) is 32.1 Å². The van der Waals surface area contributed by atoms with Crippen LogP contribution in [0.15, 0.2) is 30.6 Å².